The fraction of sp³-hybridized carbons (Fsp3) is 0.368. The molecule has 1 aromatic carbocycles. The van der Waals surface area contributed by atoms with Gasteiger partial charge >= 0.3 is 11.9 Å². The number of carboxylic acids is 1. The number of hydrogen-bond donors (Lipinski definition) is 1. The Hall–Kier alpha value is -3.01. The summed E-state index contributed by atoms with van der Waals surface area (Å²) in [6, 6.07) is 4.87. The Morgan fingerprint density at radius 2 is 1.93 bits per heavy atom. The zero-order valence-corrected chi connectivity index (χ0v) is 17.2. The minimum Gasteiger partial charge on any atom is -0.490 e. The molecule has 0 amide bonds. The smallest absolute Gasteiger partial charge is 0.344 e. The lowest BCUT2D eigenvalue weighted by molar-refractivity contribution is -0.145. The number of hydrogen-bond acceptors (Lipinski definition) is 9. The summed E-state index contributed by atoms with van der Waals surface area (Å²) in [6.07, 6.45) is 2.02. The molecule has 2 aromatic rings. The zero-order chi connectivity index (χ0) is 21.2. The topological polar surface area (TPSA) is 121 Å². The molecule has 0 atom stereocenters. The third-order valence-electron chi connectivity index (χ3n) is 3.38. The van der Waals surface area contributed by atoms with Crippen LogP contribution in [0.25, 0.3) is 6.08 Å². The van der Waals surface area contributed by atoms with Crippen molar-refractivity contribution in [3.8, 4) is 11.5 Å². The van der Waals surface area contributed by atoms with Gasteiger partial charge in [0.15, 0.2) is 18.1 Å². The molecular weight excluding hydrogens is 400 g/mol. The van der Waals surface area contributed by atoms with Crippen molar-refractivity contribution in [2.24, 2.45) is 0 Å². The van der Waals surface area contributed by atoms with Gasteiger partial charge < -0.3 is 23.7 Å². The van der Waals surface area contributed by atoms with Crippen LogP contribution in [0.2, 0.25) is 0 Å². The van der Waals surface area contributed by atoms with Gasteiger partial charge in [-0.25, -0.2) is 9.59 Å². The summed E-state index contributed by atoms with van der Waals surface area (Å²) >= 11 is 0.859. The predicted molar refractivity (Wildman–Crippen MR) is 105 cm³/mol. The number of aryl methyl sites for hydroxylation is 1. The summed E-state index contributed by atoms with van der Waals surface area (Å²) in [5, 5.41) is 17.3. The number of ether oxygens (including phenoxy) is 3. The van der Waals surface area contributed by atoms with Crippen molar-refractivity contribution in [1.82, 2.24) is 10.2 Å². The summed E-state index contributed by atoms with van der Waals surface area (Å²) < 4.78 is 21.2. The minimum atomic E-state index is -1.13. The van der Waals surface area contributed by atoms with E-state index in [2.05, 4.69) is 10.2 Å². The number of carbonyl (C=O) groups is 2. The van der Waals surface area contributed by atoms with Gasteiger partial charge in [0.1, 0.15) is 4.91 Å². The summed E-state index contributed by atoms with van der Waals surface area (Å²) in [7, 11) is 0. The second-order valence-electron chi connectivity index (χ2n) is 5.46. The van der Waals surface area contributed by atoms with E-state index in [1.165, 1.54) is 6.08 Å². The van der Waals surface area contributed by atoms with Gasteiger partial charge in [0.25, 0.3) is 5.22 Å². The molecule has 1 N–H and O–H groups in total. The molecule has 9 nitrogen and oxygen atoms in total. The second kappa shape index (κ2) is 11.1. The zero-order valence-electron chi connectivity index (χ0n) is 16.3. The van der Waals surface area contributed by atoms with Crippen molar-refractivity contribution in [3.05, 3.63) is 34.6 Å². The van der Waals surface area contributed by atoms with E-state index < -0.39 is 11.9 Å². The summed E-state index contributed by atoms with van der Waals surface area (Å²) in [5.41, 5.74) is 0.567. The maximum Gasteiger partial charge on any atom is 0.344 e. The molecule has 0 aliphatic heterocycles. The molecule has 0 spiro atoms. The first-order chi connectivity index (χ1) is 14.0. The third-order valence-corrected chi connectivity index (χ3v) is 4.23. The normalized spacial score (nSPS) is 11.2. The van der Waals surface area contributed by atoms with Crippen molar-refractivity contribution in [1.29, 1.82) is 0 Å². The molecule has 2 rings (SSSR count). The molecule has 0 fully saturated rings. The second-order valence-corrected chi connectivity index (χ2v) is 6.46. The molecule has 156 valence electrons. The maximum atomic E-state index is 11.6. The Morgan fingerprint density at radius 1 is 1.14 bits per heavy atom. The molecule has 0 radical (unpaired) electrons. The van der Waals surface area contributed by atoms with Crippen molar-refractivity contribution < 1.29 is 33.3 Å². The van der Waals surface area contributed by atoms with Crippen LogP contribution in [0.15, 0.2) is 32.7 Å². The monoisotopic (exact) mass is 422 g/mol. The average molecular weight is 422 g/mol. The Kier molecular flexibility index (Phi) is 8.53. The van der Waals surface area contributed by atoms with Crippen molar-refractivity contribution in [2.75, 3.05) is 19.8 Å². The van der Waals surface area contributed by atoms with Crippen LogP contribution in [-0.4, -0.2) is 47.1 Å². The lowest BCUT2D eigenvalue weighted by atomic mass is 10.2. The molecule has 0 unspecified atom stereocenters. The summed E-state index contributed by atoms with van der Waals surface area (Å²) in [4.78, 5) is 23.1. The number of nitrogens with zero attached hydrogens (tertiary/aromatic N) is 2. The number of benzene rings is 1. The minimum absolute atomic E-state index is 0.000978. The Labute approximate surface area is 172 Å². The molecule has 0 saturated carbocycles. The molecule has 1 heterocycles. The average Bonchev–Trinajstić information content (AvgIpc) is 3.15. The van der Waals surface area contributed by atoms with Gasteiger partial charge in [-0.1, -0.05) is 13.0 Å². The van der Waals surface area contributed by atoms with Crippen LogP contribution in [0.3, 0.4) is 0 Å². The first kappa shape index (κ1) is 22.3. The van der Waals surface area contributed by atoms with Gasteiger partial charge in [-0.15, -0.1) is 10.2 Å². The SMILES string of the molecule is CCOC(=O)COc1ccc(/C=C(\Sc2nnc(CC)o2)C(=O)O)cc1OCC. The molecule has 0 bridgehead atoms. The number of aromatic nitrogens is 2. The number of carboxylic acid groups (broad SMARTS) is 1. The lowest BCUT2D eigenvalue weighted by Crippen LogP contribution is -2.15. The van der Waals surface area contributed by atoms with Crippen LogP contribution < -0.4 is 9.47 Å². The first-order valence-corrected chi connectivity index (χ1v) is 9.78. The highest BCUT2D eigenvalue weighted by Crippen LogP contribution is 2.32. The van der Waals surface area contributed by atoms with Gasteiger partial charge in [0.05, 0.1) is 13.2 Å². The van der Waals surface area contributed by atoms with Gasteiger partial charge in [-0.3, -0.25) is 0 Å². The van der Waals surface area contributed by atoms with Crippen LogP contribution in [0, 0.1) is 0 Å². The van der Waals surface area contributed by atoms with E-state index in [0.717, 1.165) is 11.8 Å². The van der Waals surface area contributed by atoms with Crippen LogP contribution in [0.1, 0.15) is 32.2 Å². The van der Waals surface area contributed by atoms with E-state index in [0.29, 0.717) is 36.0 Å². The highest BCUT2D eigenvalue weighted by molar-refractivity contribution is 8.03. The fourth-order valence-corrected chi connectivity index (χ4v) is 2.83. The third kappa shape index (κ3) is 6.83. The Balaban J connectivity index is 2.22. The van der Waals surface area contributed by atoms with Crippen LogP contribution >= 0.6 is 11.8 Å². The first-order valence-electron chi connectivity index (χ1n) is 8.97. The van der Waals surface area contributed by atoms with Crippen LogP contribution in [-0.2, 0) is 20.7 Å². The quantitative estimate of drug-likeness (QED) is 0.328. The Bertz CT molecular complexity index is 879. The van der Waals surface area contributed by atoms with E-state index >= 15 is 0 Å². The lowest BCUT2D eigenvalue weighted by Gasteiger charge is -2.12. The largest absolute Gasteiger partial charge is 0.490 e. The highest BCUT2D eigenvalue weighted by atomic mass is 32.2. The van der Waals surface area contributed by atoms with E-state index in [1.54, 1.807) is 32.0 Å². The summed E-state index contributed by atoms with van der Waals surface area (Å²) in [6.45, 7) is 5.75. The number of rotatable bonds is 11. The molecular formula is C19H22N2O7S. The van der Waals surface area contributed by atoms with Gasteiger partial charge in [0, 0.05) is 6.42 Å². The Morgan fingerprint density at radius 3 is 2.55 bits per heavy atom. The number of thioether (sulfide) groups is 1. The molecule has 10 heteroatoms. The van der Waals surface area contributed by atoms with E-state index in [9.17, 15) is 14.7 Å². The summed E-state index contributed by atoms with van der Waals surface area (Å²) in [5.74, 6) is -0.460. The van der Waals surface area contributed by atoms with E-state index in [-0.39, 0.29) is 23.3 Å². The maximum absolute atomic E-state index is 11.6. The molecule has 29 heavy (non-hydrogen) atoms. The molecule has 0 aliphatic rings. The molecule has 0 saturated heterocycles. The van der Waals surface area contributed by atoms with Crippen LogP contribution in [0.4, 0.5) is 0 Å². The van der Waals surface area contributed by atoms with E-state index in [1.807, 2.05) is 6.92 Å². The number of carbonyl (C=O) groups excluding carboxylic acids is 1. The van der Waals surface area contributed by atoms with Gasteiger partial charge in [-0.2, -0.15) is 0 Å². The van der Waals surface area contributed by atoms with Gasteiger partial charge in [-0.05, 0) is 49.4 Å². The number of esters is 1. The number of aliphatic carboxylic acids is 1. The molecule has 1 aromatic heterocycles. The van der Waals surface area contributed by atoms with Crippen molar-refractivity contribution >= 4 is 29.8 Å². The fourth-order valence-electron chi connectivity index (χ4n) is 2.14. The van der Waals surface area contributed by atoms with Crippen LogP contribution in [0.5, 0.6) is 11.5 Å². The molecule has 0 aliphatic carbocycles. The van der Waals surface area contributed by atoms with Gasteiger partial charge in [0.2, 0.25) is 5.89 Å². The van der Waals surface area contributed by atoms with Crippen molar-refractivity contribution in [2.45, 2.75) is 32.4 Å². The standard InChI is InChI=1S/C19H22N2O7S/c1-4-16-20-21-19(28-16)29-15(18(23)24)10-12-7-8-13(14(9-12)25-5-2)27-11-17(22)26-6-3/h7-10H,4-6,11H2,1-3H3,(H,23,24)/b15-10-. The highest BCUT2D eigenvalue weighted by Gasteiger charge is 2.16. The van der Waals surface area contributed by atoms with E-state index in [4.69, 9.17) is 18.6 Å². The van der Waals surface area contributed by atoms with Crippen molar-refractivity contribution in [3.63, 3.8) is 0 Å². The predicted octanol–water partition coefficient (Wildman–Crippen LogP) is 3.19.